The van der Waals surface area contributed by atoms with Gasteiger partial charge >= 0.3 is 0 Å². The van der Waals surface area contributed by atoms with Crippen molar-refractivity contribution >= 4 is 41.1 Å². The molecule has 0 saturated heterocycles. The van der Waals surface area contributed by atoms with E-state index in [0.717, 1.165) is 16.2 Å². The summed E-state index contributed by atoms with van der Waals surface area (Å²) in [5.74, 6) is 0. The molecule has 0 aliphatic rings. The van der Waals surface area contributed by atoms with Crippen LogP contribution in [-0.4, -0.2) is 28.6 Å². The lowest BCUT2D eigenvalue weighted by Crippen LogP contribution is -2.32. The average Bonchev–Trinajstić information content (AvgIpc) is 2.65. The zero-order chi connectivity index (χ0) is 14.0. The van der Waals surface area contributed by atoms with Gasteiger partial charge in [0.05, 0.1) is 5.25 Å². The van der Waals surface area contributed by atoms with Crippen molar-refractivity contribution in [3.8, 4) is 0 Å². The quantitative estimate of drug-likeness (QED) is 0.802. The van der Waals surface area contributed by atoms with Gasteiger partial charge < -0.3 is 0 Å². The minimum absolute atomic E-state index is 0.0749. The highest BCUT2D eigenvalue weighted by Gasteiger charge is 2.16. The molecule has 0 aliphatic heterocycles. The molecule has 0 radical (unpaired) electrons. The van der Waals surface area contributed by atoms with E-state index in [-0.39, 0.29) is 10.8 Å². The molecule has 0 aromatic carbocycles. The lowest BCUT2D eigenvalue weighted by molar-refractivity contribution is 0.572. The molecule has 0 unspecified atom stereocenters. The molecule has 104 valence electrons. The van der Waals surface area contributed by atoms with Gasteiger partial charge in [0.2, 0.25) is 10.0 Å². The Hall–Kier alpha value is -0.150. The number of thiophene rings is 1. The Morgan fingerprint density at radius 3 is 2.33 bits per heavy atom. The Labute approximate surface area is 116 Å². The zero-order valence-corrected chi connectivity index (χ0v) is 13.1. The zero-order valence-electron chi connectivity index (χ0n) is 9.88. The third-order valence-electron chi connectivity index (χ3n) is 2.17. The maximum Gasteiger partial charge on any atom is 0.270 e. The van der Waals surface area contributed by atoms with Crippen molar-refractivity contribution in [2.24, 2.45) is 0 Å². The molecule has 0 amide bonds. The first-order valence-electron chi connectivity index (χ1n) is 5.15. The number of nitrogens with one attached hydrogen (secondary N) is 1. The molecule has 1 aromatic heterocycles. The van der Waals surface area contributed by atoms with Gasteiger partial charge in [0, 0.05) is 22.1 Å². The summed E-state index contributed by atoms with van der Waals surface area (Å²) in [6, 6.07) is 3.04. The summed E-state index contributed by atoms with van der Waals surface area (Å²) in [6.45, 7) is 3.42. The highest BCUT2D eigenvalue weighted by atomic mass is 35.7. The standard InChI is InChI=1S/C9H14ClNO4S3/c1-7(2)18(14,15)11-6-5-8-3-4-9(16-8)17(10,12)13/h3-4,7,11H,5-6H2,1-2H3. The Kier molecular flexibility index (Phi) is 5.19. The minimum Gasteiger partial charge on any atom is -0.215 e. The Morgan fingerprint density at radius 1 is 1.28 bits per heavy atom. The summed E-state index contributed by atoms with van der Waals surface area (Å²) in [6.07, 6.45) is 0.434. The van der Waals surface area contributed by atoms with Crippen LogP contribution in [-0.2, 0) is 25.5 Å². The topological polar surface area (TPSA) is 80.3 Å². The van der Waals surface area contributed by atoms with Crippen LogP contribution in [0.15, 0.2) is 16.3 Å². The van der Waals surface area contributed by atoms with Crippen molar-refractivity contribution in [2.45, 2.75) is 29.7 Å². The molecular formula is C9H14ClNO4S3. The van der Waals surface area contributed by atoms with Crippen LogP contribution in [0.2, 0.25) is 0 Å². The Bertz CT molecular complexity index is 604. The van der Waals surface area contributed by atoms with E-state index in [0.29, 0.717) is 6.42 Å². The van der Waals surface area contributed by atoms with Gasteiger partial charge in [-0.15, -0.1) is 11.3 Å². The third kappa shape index (κ3) is 4.51. The van der Waals surface area contributed by atoms with Gasteiger partial charge in [0.1, 0.15) is 4.21 Å². The fourth-order valence-corrected chi connectivity index (χ4v) is 3.95. The predicted octanol–water partition coefficient (Wildman–Crippen LogP) is 1.55. The van der Waals surface area contributed by atoms with E-state index in [1.807, 2.05) is 0 Å². The van der Waals surface area contributed by atoms with E-state index in [1.165, 1.54) is 6.07 Å². The van der Waals surface area contributed by atoms with E-state index in [4.69, 9.17) is 10.7 Å². The van der Waals surface area contributed by atoms with Crippen LogP contribution in [0.4, 0.5) is 0 Å². The van der Waals surface area contributed by atoms with E-state index < -0.39 is 24.3 Å². The summed E-state index contributed by atoms with van der Waals surface area (Å²) in [5, 5.41) is -0.486. The van der Waals surface area contributed by atoms with Crippen molar-refractivity contribution in [2.75, 3.05) is 6.54 Å². The average molecular weight is 332 g/mol. The highest BCUT2D eigenvalue weighted by Crippen LogP contribution is 2.24. The molecule has 0 bridgehead atoms. The Morgan fingerprint density at radius 2 is 1.89 bits per heavy atom. The van der Waals surface area contributed by atoms with E-state index >= 15 is 0 Å². The maximum atomic E-state index is 11.5. The van der Waals surface area contributed by atoms with Crippen LogP contribution in [0, 0.1) is 0 Å². The molecule has 5 nitrogen and oxygen atoms in total. The number of hydrogen-bond acceptors (Lipinski definition) is 5. The maximum absolute atomic E-state index is 11.5. The molecule has 18 heavy (non-hydrogen) atoms. The van der Waals surface area contributed by atoms with Crippen LogP contribution < -0.4 is 4.72 Å². The Balaban J connectivity index is 2.59. The minimum atomic E-state index is -3.70. The van der Waals surface area contributed by atoms with E-state index in [2.05, 4.69) is 4.72 Å². The fourth-order valence-electron chi connectivity index (χ4n) is 1.11. The molecule has 0 spiro atoms. The second-order valence-corrected chi connectivity index (χ2v) is 10.2. The first-order valence-corrected chi connectivity index (χ1v) is 9.82. The molecule has 9 heteroatoms. The van der Waals surface area contributed by atoms with E-state index in [1.54, 1.807) is 19.9 Å². The van der Waals surface area contributed by atoms with Gasteiger partial charge in [-0.3, -0.25) is 0 Å². The number of sulfonamides is 1. The molecule has 1 aromatic rings. The number of hydrogen-bond donors (Lipinski definition) is 1. The fraction of sp³-hybridized carbons (Fsp3) is 0.556. The van der Waals surface area contributed by atoms with Crippen LogP contribution in [0.25, 0.3) is 0 Å². The molecule has 1 N–H and O–H groups in total. The van der Waals surface area contributed by atoms with Crippen LogP contribution >= 0.6 is 22.0 Å². The van der Waals surface area contributed by atoms with Gasteiger partial charge in [-0.2, -0.15) is 0 Å². The lowest BCUT2D eigenvalue weighted by atomic mass is 10.3. The number of halogens is 1. The molecule has 0 saturated carbocycles. The van der Waals surface area contributed by atoms with Gasteiger partial charge in [-0.25, -0.2) is 21.6 Å². The van der Waals surface area contributed by atoms with Crippen LogP contribution in [0.5, 0.6) is 0 Å². The molecule has 0 fully saturated rings. The van der Waals surface area contributed by atoms with Crippen molar-refractivity contribution in [1.82, 2.24) is 4.72 Å². The molecular weight excluding hydrogens is 318 g/mol. The normalized spacial score (nSPS) is 13.1. The largest absolute Gasteiger partial charge is 0.270 e. The number of rotatable bonds is 6. The van der Waals surface area contributed by atoms with Gasteiger partial charge in [0.15, 0.2) is 0 Å². The van der Waals surface area contributed by atoms with Gasteiger partial charge in [-0.1, -0.05) is 0 Å². The van der Waals surface area contributed by atoms with Crippen LogP contribution in [0.1, 0.15) is 18.7 Å². The monoisotopic (exact) mass is 331 g/mol. The SMILES string of the molecule is CC(C)S(=O)(=O)NCCc1ccc(S(=O)(=O)Cl)s1. The highest BCUT2D eigenvalue weighted by molar-refractivity contribution is 8.15. The summed E-state index contributed by atoms with van der Waals surface area (Å²) in [4.78, 5) is 0.765. The second-order valence-electron chi connectivity index (χ2n) is 3.90. The van der Waals surface area contributed by atoms with Crippen molar-refractivity contribution in [3.05, 3.63) is 17.0 Å². The summed E-state index contributed by atoms with van der Waals surface area (Å²) in [5.41, 5.74) is 0. The van der Waals surface area contributed by atoms with Crippen molar-refractivity contribution in [3.63, 3.8) is 0 Å². The predicted molar refractivity (Wildman–Crippen MR) is 73.1 cm³/mol. The lowest BCUT2D eigenvalue weighted by Gasteiger charge is -2.08. The van der Waals surface area contributed by atoms with Crippen molar-refractivity contribution < 1.29 is 16.8 Å². The summed E-state index contributed by atoms with van der Waals surface area (Å²) < 4.78 is 47.5. The van der Waals surface area contributed by atoms with Gasteiger partial charge in [-0.05, 0) is 32.4 Å². The van der Waals surface area contributed by atoms with Crippen LogP contribution in [0.3, 0.4) is 0 Å². The first kappa shape index (κ1) is 15.9. The second kappa shape index (κ2) is 5.87. The molecule has 1 rings (SSSR count). The smallest absolute Gasteiger partial charge is 0.215 e. The molecule has 0 atom stereocenters. The summed E-state index contributed by atoms with van der Waals surface area (Å²) >= 11 is 1.04. The van der Waals surface area contributed by atoms with Crippen molar-refractivity contribution in [1.29, 1.82) is 0 Å². The first-order chi connectivity index (χ1) is 8.13. The molecule has 0 aliphatic carbocycles. The third-order valence-corrected chi connectivity index (χ3v) is 7.26. The summed E-state index contributed by atoms with van der Waals surface area (Å²) in [7, 11) is -1.79. The van der Waals surface area contributed by atoms with E-state index in [9.17, 15) is 16.8 Å². The van der Waals surface area contributed by atoms with Gasteiger partial charge in [0.25, 0.3) is 9.05 Å². The molecule has 1 heterocycles.